The molecule has 5 heteroatoms. The van der Waals surface area contributed by atoms with Crippen LogP contribution in [0, 0.1) is 0 Å². The molecule has 4 nitrogen and oxygen atoms in total. The normalized spacial score (nSPS) is 17.4. The quantitative estimate of drug-likeness (QED) is 0.869. The number of H-pyrrole nitrogens is 1. The topological polar surface area (TPSA) is 58.6 Å². The second kappa shape index (κ2) is 4.40. The summed E-state index contributed by atoms with van der Waals surface area (Å²) >= 11 is 1.60. The Kier molecular flexibility index (Phi) is 2.96. The average molecular weight is 277 g/mol. The highest BCUT2D eigenvalue weighted by atomic mass is 32.1. The number of aromatic nitrogens is 3. The van der Waals surface area contributed by atoms with Crippen LogP contribution in [0.25, 0.3) is 10.3 Å². The predicted molar refractivity (Wildman–Crippen MR) is 77.9 cm³/mol. The molecule has 19 heavy (non-hydrogen) atoms. The molecule has 1 aliphatic rings. The summed E-state index contributed by atoms with van der Waals surface area (Å²) in [4.78, 5) is 24.9. The maximum atomic E-state index is 12.1. The van der Waals surface area contributed by atoms with Gasteiger partial charge < -0.3 is 4.98 Å². The lowest BCUT2D eigenvalue weighted by Crippen LogP contribution is -2.21. The molecule has 0 aliphatic heterocycles. The number of hydrogen-bond donors (Lipinski definition) is 1. The average Bonchev–Trinajstić information content (AvgIpc) is 2.95. The molecular weight excluding hydrogens is 258 g/mol. The Labute approximate surface area is 116 Å². The van der Waals surface area contributed by atoms with Gasteiger partial charge in [-0.2, -0.15) is 0 Å². The van der Waals surface area contributed by atoms with Crippen LogP contribution < -0.4 is 5.56 Å². The van der Waals surface area contributed by atoms with E-state index in [2.05, 4.69) is 35.7 Å². The van der Waals surface area contributed by atoms with E-state index in [1.54, 1.807) is 11.3 Å². The lowest BCUT2D eigenvalue weighted by atomic mass is 9.96. The molecule has 0 amide bonds. The first-order valence-corrected chi connectivity index (χ1v) is 7.68. The molecule has 0 radical (unpaired) electrons. The molecule has 0 aromatic carbocycles. The van der Waals surface area contributed by atoms with Crippen LogP contribution in [0.1, 0.15) is 63.2 Å². The van der Waals surface area contributed by atoms with E-state index in [0.29, 0.717) is 11.4 Å². The fourth-order valence-electron chi connectivity index (χ4n) is 2.55. The zero-order chi connectivity index (χ0) is 13.6. The Morgan fingerprint density at radius 2 is 1.89 bits per heavy atom. The Bertz CT molecular complexity index is 659. The van der Waals surface area contributed by atoms with Gasteiger partial charge in [0.25, 0.3) is 5.56 Å². The second-order valence-corrected chi connectivity index (χ2v) is 7.36. The van der Waals surface area contributed by atoms with Crippen LogP contribution in [0.4, 0.5) is 0 Å². The van der Waals surface area contributed by atoms with Crippen molar-refractivity contribution in [3.05, 3.63) is 21.2 Å². The van der Waals surface area contributed by atoms with Gasteiger partial charge in [-0.05, 0) is 12.8 Å². The number of nitrogens with one attached hydrogen (secondary N) is 1. The molecule has 2 aromatic heterocycles. The van der Waals surface area contributed by atoms with Gasteiger partial charge in [-0.15, -0.1) is 0 Å². The maximum Gasteiger partial charge on any atom is 0.278 e. The van der Waals surface area contributed by atoms with E-state index in [4.69, 9.17) is 0 Å². The van der Waals surface area contributed by atoms with E-state index in [1.807, 2.05) is 0 Å². The first-order valence-electron chi connectivity index (χ1n) is 6.86. The van der Waals surface area contributed by atoms with Crippen molar-refractivity contribution in [3.8, 4) is 0 Å². The second-order valence-electron chi connectivity index (χ2n) is 6.35. The highest BCUT2D eigenvalue weighted by Gasteiger charge is 2.24. The van der Waals surface area contributed by atoms with E-state index >= 15 is 0 Å². The van der Waals surface area contributed by atoms with Gasteiger partial charge in [0.2, 0.25) is 0 Å². The summed E-state index contributed by atoms with van der Waals surface area (Å²) in [6.07, 6.45) is 4.95. The minimum absolute atomic E-state index is 0.101. The van der Waals surface area contributed by atoms with Gasteiger partial charge in [-0.25, -0.2) is 9.97 Å². The van der Waals surface area contributed by atoms with Crippen molar-refractivity contribution in [1.29, 1.82) is 0 Å². The molecule has 102 valence electrons. The lowest BCUT2D eigenvalue weighted by molar-refractivity contribution is 0.546. The fraction of sp³-hybridized carbons (Fsp3) is 0.643. The van der Waals surface area contributed by atoms with Gasteiger partial charge in [0, 0.05) is 11.3 Å². The third-order valence-corrected chi connectivity index (χ3v) is 4.81. The van der Waals surface area contributed by atoms with E-state index in [9.17, 15) is 4.79 Å². The van der Waals surface area contributed by atoms with Crippen molar-refractivity contribution in [1.82, 2.24) is 15.0 Å². The first kappa shape index (κ1) is 12.8. The predicted octanol–water partition coefficient (Wildman–Crippen LogP) is 3.33. The molecule has 2 aromatic rings. The number of fused-ring (bicyclic) bond motifs is 1. The van der Waals surface area contributed by atoms with E-state index in [-0.39, 0.29) is 11.0 Å². The molecule has 0 unspecified atom stereocenters. The van der Waals surface area contributed by atoms with Gasteiger partial charge in [0.15, 0.2) is 10.3 Å². The summed E-state index contributed by atoms with van der Waals surface area (Å²) in [6, 6.07) is 0. The van der Waals surface area contributed by atoms with E-state index in [0.717, 1.165) is 15.7 Å². The monoisotopic (exact) mass is 277 g/mol. The Morgan fingerprint density at radius 1 is 1.21 bits per heavy atom. The fourth-order valence-corrected chi connectivity index (χ4v) is 3.66. The molecule has 0 spiro atoms. The summed E-state index contributed by atoms with van der Waals surface area (Å²) in [5, 5.41) is 1.09. The Morgan fingerprint density at radius 3 is 2.53 bits per heavy atom. The molecule has 0 atom stereocenters. The van der Waals surface area contributed by atoms with Gasteiger partial charge >= 0.3 is 0 Å². The van der Waals surface area contributed by atoms with Gasteiger partial charge in [0.05, 0.1) is 5.01 Å². The minimum atomic E-state index is -0.148. The summed E-state index contributed by atoms with van der Waals surface area (Å²) in [7, 11) is 0. The van der Waals surface area contributed by atoms with Crippen LogP contribution in [-0.2, 0) is 5.41 Å². The highest BCUT2D eigenvalue weighted by Crippen LogP contribution is 2.37. The van der Waals surface area contributed by atoms with Gasteiger partial charge in [-0.1, -0.05) is 44.9 Å². The largest absolute Gasteiger partial charge is 0.308 e. The smallest absolute Gasteiger partial charge is 0.278 e. The van der Waals surface area contributed by atoms with Crippen molar-refractivity contribution < 1.29 is 0 Å². The molecule has 0 saturated heterocycles. The lowest BCUT2D eigenvalue weighted by Gasteiger charge is -2.16. The number of hydrogen-bond acceptors (Lipinski definition) is 4. The molecule has 1 N–H and O–H groups in total. The molecule has 3 rings (SSSR count). The molecule has 0 bridgehead atoms. The molecular formula is C14H19N3OS. The minimum Gasteiger partial charge on any atom is -0.308 e. The van der Waals surface area contributed by atoms with Crippen LogP contribution in [0.5, 0.6) is 0 Å². The Hall–Kier alpha value is -1.23. The van der Waals surface area contributed by atoms with Crippen LogP contribution in [-0.4, -0.2) is 15.0 Å². The van der Waals surface area contributed by atoms with Gasteiger partial charge in [-0.3, -0.25) is 4.79 Å². The number of thiazole rings is 1. The van der Waals surface area contributed by atoms with Crippen molar-refractivity contribution in [2.45, 2.75) is 57.8 Å². The summed E-state index contributed by atoms with van der Waals surface area (Å²) in [6.45, 7) is 6.15. The molecule has 1 fully saturated rings. The van der Waals surface area contributed by atoms with Crippen LogP contribution in [0.3, 0.4) is 0 Å². The van der Waals surface area contributed by atoms with E-state index < -0.39 is 0 Å². The van der Waals surface area contributed by atoms with Crippen molar-refractivity contribution in [2.24, 2.45) is 0 Å². The highest BCUT2D eigenvalue weighted by molar-refractivity contribution is 7.18. The number of rotatable bonds is 1. The maximum absolute atomic E-state index is 12.1. The zero-order valence-electron chi connectivity index (χ0n) is 11.6. The molecule has 1 saturated carbocycles. The standard InChI is InChI=1S/C14H19N3OS/c1-14(2,3)13-16-10(18)9-12(17-13)19-11(15-9)8-6-4-5-7-8/h8H,4-7H2,1-3H3,(H,16,17,18). The number of aromatic amines is 1. The van der Waals surface area contributed by atoms with Crippen molar-refractivity contribution in [3.63, 3.8) is 0 Å². The van der Waals surface area contributed by atoms with Crippen LogP contribution >= 0.6 is 11.3 Å². The first-order chi connectivity index (χ1) is 8.95. The third kappa shape index (κ3) is 2.31. The number of nitrogens with zero attached hydrogens (tertiary/aromatic N) is 2. The summed E-state index contributed by atoms with van der Waals surface area (Å²) in [5.41, 5.74) is 0.264. The third-order valence-electron chi connectivity index (χ3n) is 3.70. The summed E-state index contributed by atoms with van der Waals surface area (Å²) < 4.78 is 0. The van der Waals surface area contributed by atoms with Crippen LogP contribution in [0.2, 0.25) is 0 Å². The van der Waals surface area contributed by atoms with Crippen LogP contribution in [0.15, 0.2) is 4.79 Å². The van der Waals surface area contributed by atoms with Gasteiger partial charge in [0.1, 0.15) is 5.82 Å². The molecule has 2 heterocycles. The summed E-state index contributed by atoms with van der Waals surface area (Å²) in [5.74, 6) is 1.28. The SMILES string of the molecule is CC(C)(C)c1nc2sc(C3CCCC3)nc2c(=O)[nH]1. The zero-order valence-corrected chi connectivity index (χ0v) is 12.4. The van der Waals surface area contributed by atoms with E-state index in [1.165, 1.54) is 25.7 Å². The molecule has 1 aliphatic carbocycles. The Balaban J connectivity index is 2.12. The van der Waals surface area contributed by atoms with Crippen molar-refractivity contribution >= 4 is 21.7 Å². The van der Waals surface area contributed by atoms with Crippen molar-refractivity contribution in [2.75, 3.05) is 0 Å².